The zero-order valence-electron chi connectivity index (χ0n) is 24.8. The predicted octanol–water partition coefficient (Wildman–Crippen LogP) is 4.90. The minimum absolute atomic E-state index is 0.0836. The van der Waals surface area contributed by atoms with E-state index < -0.39 is 29.5 Å². The monoisotopic (exact) mass is 620 g/mol. The molecule has 2 N–H and O–H groups in total. The minimum atomic E-state index is -4.86. The summed E-state index contributed by atoms with van der Waals surface area (Å²) in [5, 5.41) is 11.6. The van der Waals surface area contributed by atoms with Crippen molar-refractivity contribution < 1.29 is 37.1 Å². The summed E-state index contributed by atoms with van der Waals surface area (Å²) in [4.78, 5) is 50.7. The third-order valence-corrected chi connectivity index (χ3v) is 8.86. The summed E-state index contributed by atoms with van der Waals surface area (Å²) in [7, 11) is 0. The molecule has 14 heteroatoms. The standard InChI is InChI=1S/C30H39F3N6O5/c1-19-4-2-11-39(18-19)29-36-26(30(31,32)33)25(44-29)27(41)35-22-9-10-23(34-17-22)37-12-3-13-38(15-14-37)24(40)16-20-5-7-21(8-6-20)28(42)43/h9-10,17,19-21H,2-8,11-16,18H2,1H3,(H,35,41)(H,42,43). The van der Waals surface area contributed by atoms with Gasteiger partial charge in [0.1, 0.15) is 5.82 Å². The van der Waals surface area contributed by atoms with Crippen molar-refractivity contribution >= 4 is 35.3 Å². The molecule has 44 heavy (non-hydrogen) atoms. The predicted molar refractivity (Wildman–Crippen MR) is 155 cm³/mol. The average molecular weight is 621 g/mol. The van der Waals surface area contributed by atoms with Crippen LogP contribution in [0.2, 0.25) is 0 Å². The maximum atomic E-state index is 13.7. The summed E-state index contributed by atoms with van der Waals surface area (Å²) in [6.07, 6.45) is 2.18. The quantitative estimate of drug-likeness (QED) is 0.444. The van der Waals surface area contributed by atoms with E-state index in [4.69, 9.17) is 4.42 Å². The fourth-order valence-electron chi connectivity index (χ4n) is 6.37. The first kappa shape index (κ1) is 31.6. The van der Waals surface area contributed by atoms with Crippen LogP contribution in [0.5, 0.6) is 0 Å². The van der Waals surface area contributed by atoms with Gasteiger partial charge in [0, 0.05) is 45.7 Å². The van der Waals surface area contributed by atoms with Crippen molar-refractivity contribution in [1.82, 2.24) is 14.9 Å². The summed E-state index contributed by atoms with van der Waals surface area (Å²) >= 11 is 0. The number of carboxylic acids is 1. The Hall–Kier alpha value is -3.84. The van der Waals surface area contributed by atoms with Gasteiger partial charge in [-0.25, -0.2) is 4.98 Å². The summed E-state index contributed by atoms with van der Waals surface area (Å²) in [6, 6.07) is 3.04. The van der Waals surface area contributed by atoms with Gasteiger partial charge in [-0.2, -0.15) is 18.2 Å². The summed E-state index contributed by atoms with van der Waals surface area (Å²) < 4.78 is 46.6. The molecule has 0 bridgehead atoms. The number of carboxylic acid groups (broad SMARTS) is 1. The SMILES string of the molecule is CC1CCCN(c2nc(C(F)(F)F)c(C(=O)Nc3ccc(N4CCCN(C(=O)CC5CCC(C(=O)O)CC5)CC4)nc3)o2)C1. The van der Waals surface area contributed by atoms with Crippen LogP contribution in [0, 0.1) is 17.8 Å². The number of hydrogen-bond donors (Lipinski definition) is 2. The van der Waals surface area contributed by atoms with Gasteiger partial charge < -0.3 is 29.5 Å². The van der Waals surface area contributed by atoms with E-state index in [1.165, 1.54) is 6.20 Å². The Morgan fingerprint density at radius 1 is 1.00 bits per heavy atom. The van der Waals surface area contributed by atoms with Gasteiger partial charge in [-0.05, 0) is 68.9 Å². The molecule has 11 nitrogen and oxygen atoms in total. The number of oxazole rings is 1. The lowest BCUT2D eigenvalue weighted by Gasteiger charge is -2.29. The van der Waals surface area contributed by atoms with Crippen LogP contribution < -0.4 is 15.1 Å². The number of hydrogen-bond acceptors (Lipinski definition) is 8. The summed E-state index contributed by atoms with van der Waals surface area (Å²) in [6.45, 7) is 5.37. The fourth-order valence-corrected chi connectivity index (χ4v) is 6.37. The van der Waals surface area contributed by atoms with E-state index in [9.17, 15) is 32.7 Å². The number of amides is 2. The number of aromatic nitrogens is 2. The summed E-state index contributed by atoms with van der Waals surface area (Å²) in [5.74, 6) is -1.81. The van der Waals surface area contributed by atoms with Gasteiger partial charge in [0.15, 0.2) is 5.69 Å². The largest absolute Gasteiger partial charge is 0.481 e. The Kier molecular flexibility index (Phi) is 9.64. The molecule has 0 aromatic carbocycles. The number of alkyl halides is 3. The Bertz CT molecular complexity index is 1330. The molecule has 1 unspecified atom stereocenters. The van der Waals surface area contributed by atoms with E-state index in [1.807, 2.05) is 16.7 Å². The first-order valence-electron chi connectivity index (χ1n) is 15.3. The van der Waals surface area contributed by atoms with E-state index in [0.717, 1.165) is 32.1 Å². The normalized spacial score (nSPS) is 23.3. The third-order valence-electron chi connectivity index (χ3n) is 8.86. The molecule has 3 aliphatic rings. The zero-order valence-corrected chi connectivity index (χ0v) is 24.8. The molecule has 2 saturated heterocycles. The van der Waals surface area contributed by atoms with Crippen molar-refractivity contribution in [3.8, 4) is 0 Å². The van der Waals surface area contributed by atoms with Crippen molar-refractivity contribution in [2.75, 3.05) is 54.4 Å². The number of carbonyl (C=O) groups is 3. The molecule has 4 heterocycles. The van der Waals surface area contributed by atoms with Crippen molar-refractivity contribution in [3.63, 3.8) is 0 Å². The second kappa shape index (κ2) is 13.4. The van der Waals surface area contributed by atoms with Crippen molar-refractivity contribution in [2.45, 2.75) is 64.5 Å². The van der Waals surface area contributed by atoms with Gasteiger partial charge in [-0.3, -0.25) is 14.4 Å². The van der Waals surface area contributed by atoms with Crippen LogP contribution in [0.4, 0.5) is 30.7 Å². The van der Waals surface area contributed by atoms with Gasteiger partial charge >= 0.3 is 12.1 Å². The molecule has 2 aromatic rings. The topological polar surface area (TPSA) is 132 Å². The van der Waals surface area contributed by atoms with Crippen LogP contribution in [0.25, 0.3) is 0 Å². The third kappa shape index (κ3) is 7.62. The van der Waals surface area contributed by atoms with E-state index >= 15 is 0 Å². The molecule has 1 aliphatic carbocycles. The molecule has 0 radical (unpaired) electrons. The second-order valence-corrected chi connectivity index (χ2v) is 12.2. The number of nitrogens with zero attached hydrogens (tertiary/aromatic N) is 5. The molecule has 1 saturated carbocycles. The van der Waals surface area contributed by atoms with Crippen LogP contribution in [0.3, 0.4) is 0 Å². The molecule has 2 aliphatic heterocycles. The first-order chi connectivity index (χ1) is 21.0. The number of pyridine rings is 1. The average Bonchev–Trinajstić information content (AvgIpc) is 3.31. The maximum absolute atomic E-state index is 13.7. The van der Waals surface area contributed by atoms with E-state index in [1.54, 1.807) is 17.0 Å². The molecule has 2 amide bonds. The number of rotatable bonds is 7. The van der Waals surface area contributed by atoms with E-state index in [0.29, 0.717) is 64.3 Å². The van der Waals surface area contributed by atoms with Gasteiger partial charge in [-0.1, -0.05) is 6.92 Å². The number of aliphatic carboxylic acids is 1. The van der Waals surface area contributed by atoms with Crippen LogP contribution in [0.1, 0.15) is 74.5 Å². The number of piperidine rings is 1. The molecule has 1 atom stereocenters. The Morgan fingerprint density at radius 3 is 2.41 bits per heavy atom. The highest BCUT2D eigenvalue weighted by Crippen LogP contribution is 2.36. The zero-order chi connectivity index (χ0) is 31.4. The van der Waals surface area contributed by atoms with Gasteiger partial charge in [-0.15, -0.1) is 0 Å². The van der Waals surface area contributed by atoms with Crippen LogP contribution in [-0.2, 0) is 15.8 Å². The number of carbonyl (C=O) groups excluding carboxylic acids is 2. The van der Waals surface area contributed by atoms with Crippen LogP contribution in [-0.4, -0.2) is 77.0 Å². The maximum Gasteiger partial charge on any atom is 0.437 e. The molecule has 2 aromatic heterocycles. The van der Waals surface area contributed by atoms with Crippen molar-refractivity contribution in [2.24, 2.45) is 17.8 Å². The van der Waals surface area contributed by atoms with Crippen molar-refractivity contribution in [1.29, 1.82) is 0 Å². The molecule has 240 valence electrons. The highest BCUT2D eigenvalue weighted by atomic mass is 19.4. The number of halogens is 3. The minimum Gasteiger partial charge on any atom is -0.481 e. The fraction of sp³-hybridized carbons (Fsp3) is 0.633. The molecule has 3 fully saturated rings. The lowest BCUT2D eigenvalue weighted by atomic mass is 9.80. The highest BCUT2D eigenvalue weighted by molar-refractivity contribution is 6.03. The molecule has 0 spiro atoms. The first-order valence-corrected chi connectivity index (χ1v) is 15.3. The molecular formula is C30H39F3N6O5. The number of nitrogens with one attached hydrogen (secondary N) is 1. The van der Waals surface area contributed by atoms with Crippen molar-refractivity contribution in [3.05, 3.63) is 29.8 Å². The molecular weight excluding hydrogens is 581 g/mol. The van der Waals surface area contributed by atoms with Gasteiger partial charge in [0.05, 0.1) is 17.8 Å². The lowest BCUT2D eigenvalue weighted by molar-refractivity contribution is -0.143. The van der Waals surface area contributed by atoms with E-state index in [-0.39, 0.29) is 35.4 Å². The second-order valence-electron chi connectivity index (χ2n) is 12.2. The Balaban J connectivity index is 1.16. The van der Waals surface area contributed by atoms with Gasteiger partial charge in [0.2, 0.25) is 11.7 Å². The van der Waals surface area contributed by atoms with Gasteiger partial charge in [0.25, 0.3) is 11.9 Å². The highest BCUT2D eigenvalue weighted by Gasteiger charge is 2.42. The molecule has 5 rings (SSSR count). The van der Waals surface area contributed by atoms with Crippen LogP contribution in [0.15, 0.2) is 22.7 Å². The smallest absolute Gasteiger partial charge is 0.437 e. The summed E-state index contributed by atoms with van der Waals surface area (Å²) in [5.41, 5.74) is -1.15. The Labute approximate surface area is 253 Å². The Morgan fingerprint density at radius 2 is 1.75 bits per heavy atom. The lowest BCUT2D eigenvalue weighted by Crippen LogP contribution is -2.36. The number of anilines is 3. The van der Waals surface area contributed by atoms with Crippen LogP contribution >= 0.6 is 0 Å². The van der Waals surface area contributed by atoms with E-state index in [2.05, 4.69) is 15.3 Å².